The van der Waals surface area contributed by atoms with Crippen molar-refractivity contribution >= 4 is 5.91 Å². The fraction of sp³-hybridized carbons (Fsp3) is 0.611. The number of nitrogens with one attached hydrogen (secondary N) is 1. The van der Waals surface area contributed by atoms with Crippen LogP contribution in [0.3, 0.4) is 0 Å². The van der Waals surface area contributed by atoms with Crippen LogP contribution in [0.5, 0.6) is 5.75 Å². The summed E-state index contributed by atoms with van der Waals surface area (Å²) >= 11 is 0. The predicted molar refractivity (Wildman–Crippen MR) is 92.3 cm³/mol. The SMILES string of the molecule is COc1ccc(CN2CCC(CNC(=O)CC(C)N)CC2)cc1. The lowest BCUT2D eigenvalue weighted by Gasteiger charge is -2.32. The summed E-state index contributed by atoms with van der Waals surface area (Å²) in [6.45, 7) is 5.78. The van der Waals surface area contributed by atoms with Gasteiger partial charge in [0.25, 0.3) is 0 Å². The molecular formula is C18H29N3O2. The van der Waals surface area contributed by atoms with Crippen LogP contribution in [0, 0.1) is 5.92 Å². The number of carbonyl (C=O) groups is 1. The number of carbonyl (C=O) groups excluding carboxylic acids is 1. The Bertz CT molecular complexity index is 480. The lowest BCUT2D eigenvalue weighted by atomic mass is 9.96. The van der Waals surface area contributed by atoms with Crippen molar-refractivity contribution in [3.8, 4) is 5.75 Å². The predicted octanol–water partition coefficient (Wildman–Crippen LogP) is 1.76. The van der Waals surface area contributed by atoms with Gasteiger partial charge < -0.3 is 15.8 Å². The Morgan fingerprint density at radius 3 is 2.57 bits per heavy atom. The van der Waals surface area contributed by atoms with E-state index in [4.69, 9.17) is 10.5 Å². The van der Waals surface area contributed by atoms with Crippen LogP contribution in [0.15, 0.2) is 24.3 Å². The van der Waals surface area contributed by atoms with E-state index in [1.54, 1.807) is 7.11 Å². The van der Waals surface area contributed by atoms with Crippen LogP contribution in [0.4, 0.5) is 0 Å². The van der Waals surface area contributed by atoms with Crippen LogP contribution in [0.25, 0.3) is 0 Å². The summed E-state index contributed by atoms with van der Waals surface area (Å²) < 4.78 is 5.19. The van der Waals surface area contributed by atoms with Gasteiger partial charge in [0, 0.05) is 25.6 Å². The van der Waals surface area contributed by atoms with Gasteiger partial charge in [-0.3, -0.25) is 9.69 Å². The molecule has 0 spiro atoms. The molecule has 128 valence electrons. The number of methoxy groups -OCH3 is 1. The monoisotopic (exact) mass is 319 g/mol. The van der Waals surface area contributed by atoms with E-state index in [1.165, 1.54) is 5.56 Å². The van der Waals surface area contributed by atoms with E-state index in [9.17, 15) is 4.79 Å². The standard InChI is InChI=1S/C18H29N3O2/c1-14(19)11-18(22)20-12-15-7-9-21(10-8-15)13-16-3-5-17(23-2)6-4-16/h3-6,14-15H,7-13,19H2,1-2H3,(H,20,22). The number of benzene rings is 1. The molecule has 1 heterocycles. The molecule has 1 fully saturated rings. The van der Waals surface area contributed by atoms with Gasteiger partial charge in [-0.05, 0) is 56.5 Å². The molecule has 1 saturated heterocycles. The zero-order valence-electron chi connectivity index (χ0n) is 14.3. The number of hydrogen-bond donors (Lipinski definition) is 2. The second kappa shape index (κ2) is 8.89. The van der Waals surface area contributed by atoms with Crippen molar-refractivity contribution in [3.05, 3.63) is 29.8 Å². The molecule has 3 N–H and O–H groups in total. The van der Waals surface area contributed by atoms with Crippen LogP contribution >= 0.6 is 0 Å². The average Bonchev–Trinajstić information content (AvgIpc) is 2.54. The molecule has 1 aliphatic heterocycles. The topological polar surface area (TPSA) is 67.6 Å². The maximum atomic E-state index is 11.6. The summed E-state index contributed by atoms with van der Waals surface area (Å²) in [5.41, 5.74) is 6.95. The Morgan fingerprint density at radius 1 is 1.35 bits per heavy atom. The molecule has 1 aromatic rings. The maximum absolute atomic E-state index is 11.6. The first-order valence-corrected chi connectivity index (χ1v) is 8.44. The quantitative estimate of drug-likeness (QED) is 0.803. The fourth-order valence-corrected chi connectivity index (χ4v) is 2.96. The van der Waals surface area contributed by atoms with E-state index in [2.05, 4.69) is 22.3 Å². The van der Waals surface area contributed by atoms with E-state index in [-0.39, 0.29) is 11.9 Å². The third kappa shape index (κ3) is 6.20. The van der Waals surface area contributed by atoms with Crippen molar-refractivity contribution in [1.29, 1.82) is 0 Å². The molecule has 1 unspecified atom stereocenters. The van der Waals surface area contributed by atoms with Crippen LogP contribution in [0.1, 0.15) is 31.7 Å². The highest BCUT2D eigenvalue weighted by Crippen LogP contribution is 2.19. The van der Waals surface area contributed by atoms with Crippen molar-refractivity contribution in [3.63, 3.8) is 0 Å². The minimum Gasteiger partial charge on any atom is -0.497 e. The molecule has 5 nitrogen and oxygen atoms in total. The zero-order chi connectivity index (χ0) is 16.7. The normalized spacial score (nSPS) is 17.7. The van der Waals surface area contributed by atoms with E-state index in [0.29, 0.717) is 12.3 Å². The highest BCUT2D eigenvalue weighted by atomic mass is 16.5. The van der Waals surface area contributed by atoms with Crippen molar-refractivity contribution in [1.82, 2.24) is 10.2 Å². The largest absolute Gasteiger partial charge is 0.497 e. The fourth-order valence-electron chi connectivity index (χ4n) is 2.96. The number of rotatable bonds is 7. The van der Waals surface area contributed by atoms with Crippen LogP contribution in [-0.4, -0.2) is 43.6 Å². The van der Waals surface area contributed by atoms with E-state index >= 15 is 0 Å². The number of nitrogens with zero attached hydrogens (tertiary/aromatic N) is 1. The molecular weight excluding hydrogens is 290 g/mol. The van der Waals surface area contributed by atoms with Crippen LogP contribution in [0.2, 0.25) is 0 Å². The minimum absolute atomic E-state index is 0.0682. The number of piperidine rings is 1. The zero-order valence-corrected chi connectivity index (χ0v) is 14.3. The molecule has 0 saturated carbocycles. The van der Waals surface area contributed by atoms with Gasteiger partial charge in [0.2, 0.25) is 5.91 Å². The molecule has 0 aromatic heterocycles. The Morgan fingerprint density at radius 2 is 2.00 bits per heavy atom. The number of nitrogens with two attached hydrogens (primary N) is 1. The van der Waals surface area contributed by atoms with Gasteiger partial charge in [0.15, 0.2) is 0 Å². The molecule has 23 heavy (non-hydrogen) atoms. The molecule has 1 aromatic carbocycles. The van der Waals surface area contributed by atoms with Gasteiger partial charge >= 0.3 is 0 Å². The number of hydrogen-bond acceptors (Lipinski definition) is 4. The minimum atomic E-state index is -0.0682. The van der Waals surface area contributed by atoms with Crippen LogP contribution < -0.4 is 15.8 Å². The molecule has 1 amide bonds. The van der Waals surface area contributed by atoms with Gasteiger partial charge in [0.05, 0.1) is 7.11 Å². The summed E-state index contributed by atoms with van der Waals surface area (Å²) in [7, 11) is 1.69. The number of amides is 1. The maximum Gasteiger partial charge on any atom is 0.221 e. The van der Waals surface area contributed by atoms with Crippen molar-refractivity contribution in [2.24, 2.45) is 11.7 Å². The van der Waals surface area contributed by atoms with Gasteiger partial charge in [0.1, 0.15) is 5.75 Å². The Kier molecular flexibility index (Phi) is 6.86. The third-order valence-electron chi connectivity index (χ3n) is 4.37. The highest BCUT2D eigenvalue weighted by molar-refractivity contribution is 5.76. The molecule has 5 heteroatoms. The van der Waals surface area contributed by atoms with Gasteiger partial charge in [-0.25, -0.2) is 0 Å². The lowest BCUT2D eigenvalue weighted by molar-refractivity contribution is -0.121. The molecule has 0 aliphatic carbocycles. The van der Waals surface area contributed by atoms with Crippen LogP contribution in [-0.2, 0) is 11.3 Å². The average molecular weight is 319 g/mol. The third-order valence-corrected chi connectivity index (χ3v) is 4.37. The van der Waals surface area contributed by atoms with E-state index in [0.717, 1.165) is 44.8 Å². The van der Waals surface area contributed by atoms with Gasteiger partial charge in [-0.15, -0.1) is 0 Å². The summed E-state index contributed by atoms with van der Waals surface area (Å²) in [5.74, 6) is 1.55. The van der Waals surface area contributed by atoms with Gasteiger partial charge in [-0.2, -0.15) is 0 Å². The first-order chi connectivity index (χ1) is 11.1. The lowest BCUT2D eigenvalue weighted by Crippen LogP contribution is -2.39. The first-order valence-electron chi connectivity index (χ1n) is 8.44. The molecule has 2 rings (SSSR count). The van der Waals surface area contributed by atoms with Crippen molar-refractivity contribution in [2.45, 2.75) is 38.8 Å². The molecule has 1 atom stereocenters. The second-order valence-electron chi connectivity index (χ2n) is 6.55. The number of ether oxygens (including phenoxy) is 1. The van der Waals surface area contributed by atoms with E-state index < -0.39 is 0 Å². The van der Waals surface area contributed by atoms with Gasteiger partial charge in [-0.1, -0.05) is 12.1 Å². The van der Waals surface area contributed by atoms with Crippen molar-refractivity contribution < 1.29 is 9.53 Å². The summed E-state index contributed by atoms with van der Waals surface area (Å²) in [4.78, 5) is 14.1. The van der Waals surface area contributed by atoms with E-state index in [1.807, 2.05) is 19.1 Å². The molecule has 0 bridgehead atoms. The molecule has 1 aliphatic rings. The summed E-state index contributed by atoms with van der Waals surface area (Å²) in [6, 6.07) is 8.20. The Labute approximate surface area is 139 Å². The Balaban J connectivity index is 1.68. The number of likely N-dealkylation sites (tertiary alicyclic amines) is 1. The smallest absolute Gasteiger partial charge is 0.221 e. The highest BCUT2D eigenvalue weighted by Gasteiger charge is 2.19. The van der Waals surface area contributed by atoms with Crippen molar-refractivity contribution in [2.75, 3.05) is 26.7 Å². The first kappa shape index (κ1) is 17.8. The Hall–Kier alpha value is -1.59. The molecule has 0 radical (unpaired) electrons. The summed E-state index contributed by atoms with van der Waals surface area (Å²) in [6.07, 6.45) is 2.68. The second-order valence-corrected chi connectivity index (χ2v) is 6.55. The summed E-state index contributed by atoms with van der Waals surface area (Å²) in [5, 5.41) is 3.01.